The lowest BCUT2D eigenvalue weighted by Crippen LogP contribution is -2.27. The first-order chi connectivity index (χ1) is 12.2. The molecular weight excluding hydrogens is 371 g/mol. The summed E-state index contributed by atoms with van der Waals surface area (Å²) in [6.45, 7) is 5.44. The number of fused-ring (bicyclic) bond motifs is 1. The van der Waals surface area contributed by atoms with Crippen LogP contribution in [0.3, 0.4) is 0 Å². The van der Waals surface area contributed by atoms with Crippen LogP contribution in [-0.4, -0.2) is 16.7 Å². The smallest absolute Gasteiger partial charge is 0.412 e. The van der Waals surface area contributed by atoms with E-state index in [0.29, 0.717) is 15.7 Å². The normalized spacial score (nSPS) is 11.4. The van der Waals surface area contributed by atoms with Crippen molar-refractivity contribution in [3.63, 3.8) is 0 Å². The molecule has 0 aliphatic carbocycles. The zero-order chi connectivity index (χ0) is 18.9. The van der Waals surface area contributed by atoms with Crippen LogP contribution in [0.2, 0.25) is 10.0 Å². The van der Waals surface area contributed by atoms with Crippen molar-refractivity contribution in [2.45, 2.75) is 26.4 Å². The number of carbonyl (C=O) groups is 1. The van der Waals surface area contributed by atoms with Gasteiger partial charge >= 0.3 is 6.09 Å². The summed E-state index contributed by atoms with van der Waals surface area (Å²) in [7, 11) is 0. The Labute approximate surface area is 162 Å². The Balaban J connectivity index is 2.05. The monoisotopic (exact) mass is 388 g/mol. The summed E-state index contributed by atoms with van der Waals surface area (Å²) in [5.74, 6) is 0. The van der Waals surface area contributed by atoms with Crippen LogP contribution >= 0.6 is 23.2 Å². The number of rotatable bonds is 2. The minimum Gasteiger partial charge on any atom is -0.444 e. The van der Waals surface area contributed by atoms with Crippen molar-refractivity contribution >= 4 is 45.8 Å². The van der Waals surface area contributed by atoms with Gasteiger partial charge < -0.3 is 4.74 Å². The summed E-state index contributed by atoms with van der Waals surface area (Å²) in [4.78, 5) is 16.4. The van der Waals surface area contributed by atoms with E-state index in [9.17, 15) is 4.79 Å². The van der Waals surface area contributed by atoms with E-state index in [2.05, 4.69) is 10.3 Å². The Morgan fingerprint density at radius 3 is 2.38 bits per heavy atom. The van der Waals surface area contributed by atoms with E-state index in [1.165, 1.54) is 0 Å². The Morgan fingerprint density at radius 2 is 1.73 bits per heavy atom. The fourth-order valence-electron chi connectivity index (χ4n) is 2.67. The first-order valence-corrected chi connectivity index (χ1v) is 8.82. The highest BCUT2D eigenvalue weighted by Crippen LogP contribution is 2.34. The van der Waals surface area contributed by atoms with Gasteiger partial charge in [-0.25, -0.2) is 4.79 Å². The standard InChI is InChI=1S/C20H18Cl2N2O2/c1-20(2,3)26-19(25)24-18-11-23-10-17-15(5-4-6-16(17)18)12-7-13(21)9-14(22)8-12/h4-11H,1-3H3,(H,24,25). The molecule has 3 rings (SSSR count). The highest BCUT2D eigenvalue weighted by Gasteiger charge is 2.17. The SMILES string of the molecule is CC(C)(C)OC(=O)Nc1cncc2c(-c3cc(Cl)cc(Cl)c3)cccc12. The fraction of sp³-hybridized carbons (Fsp3) is 0.200. The molecule has 1 amide bonds. The molecule has 0 saturated carbocycles. The van der Waals surface area contributed by atoms with E-state index in [1.807, 2.05) is 51.1 Å². The van der Waals surface area contributed by atoms with Gasteiger partial charge in [0.25, 0.3) is 0 Å². The molecule has 6 heteroatoms. The molecule has 4 nitrogen and oxygen atoms in total. The van der Waals surface area contributed by atoms with Gasteiger partial charge in [-0.05, 0) is 50.1 Å². The number of anilines is 1. The predicted molar refractivity (Wildman–Crippen MR) is 107 cm³/mol. The van der Waals surface area contributed by atoms with Crippen molar-refractivity contribution in [2.75, 3.05) is 5.32 Å². The van der Waals surface area contributed by atoms with Gasteiger partial charge in [0.15, 0.2) is 0 Å². The number of hydrogen-bond donors (Lipinski definition) is 1. The van der Waals surface area contributed by atoms with E-state index in [4.69, 9.17) is 27.9 Å². The molecule has 0 radical (unpaired) electrons. The van der Waals surface area contributed by atoms with Gasteiger partial charge in [0.2, 0.25) is 0 Å². The van der Waals surface area contributed by atoms with Crippen LogP contribution in [0.1, 0.15) is 20.8 Å². The number of ether oxygens (including phenoxy) is 1. The number of amides is 1. The molecule has 1 N–H and O–H groups in total. The number of hydrogen-bond acceptors (Lipinski definition) is 3. The molecule has 26 heavy (non-hydrogen) atoms. The highest BCUT2D eigenvalue weighted by molar-refractivity contribution is 6.35. The van der Waals surface area contributed by atoms with Gasteiger partial charge in [0, 0.05) is 27.0 Å². The molecule has 0 aliphatic heterocycles. The fourth-order valence-corrected chi connectivity index (χ4v) is 3.20. The lowest BCUT2D eigenvalue weighted by molar-refractivity contribution is 0.0636. The Morgan fingerprint density at radius 1 is 1.04 bits per heavy atom. The van der Waals surface area contributed by atoms with E-state index in [0.717, 1.165) is 21.9 Å². The van der Waals surface area contributed by atoms with Gasteiger partial charge in [-0.3, -0.25) is 10.3 Å². The zero-order valence-corrected chi connectivity index (χ0v) is 16.2. The summed E-state index contributed by atoms with van der Waals surface area (Å²) in [6, 6.07) is 11.2. The first kappa shape index (κ1) is 18.5. The van der Waals surface area contributed by atoms with Gasteiger partial charge in [0.05, 0.1) is 11.9 Å². The molecular formula is C20H18Cl2N2O2. The number of nitrogens with one attached hydrogen (secondary N) is 1. The van der Waals surface area contributed by atoms with Gasteiger partial charge in [0.1, 0.15) is 5.60 Å². The summed E-state index contributed by atoms with van der Waals surface area (Å²) in [6.07, 6.45) is 2.82. The number of nitrogens with zero attached hydrogens (tertiary/aromatic N) is 1. The van der Waals surface area contributed by atoms with Crippen molar-refractivity contribution in [3.8, 4) is 11.1 Å². The van der Waals surface area contributed by atoms with E-state index in [-0.39, 0.29) is 0 Å². The Hall–Kier alpha value is -2.30. The van der Waals surface area contributed by atoms with Crippen molar-refractivity contribution in [2.24, 2.45) is 0 Å². The number of benzene rings is 2. The van der Waals surface area contributed by atoms with E-state index in [1.54, 1.807) is 18.5 Å². The van der Waals surface area contributed by atoms with Crippen molar-refractivity contribution in [3.05, 3.63) is 58.8 Å². The van der Waals surface area contributed by atoms with Crippen LogP contribution in [0.5, 0.6) is 0 Å². The van der Waals surface area contributed by atoms with Crippen LogP contribution in [-0.2, 0) is 4.74 Å². The van der Waals surface area contributed by atoms with Crippen LogP contribution in [0.25, 0.3) is 21.9 Å². The maximum absolute atomic E-state index is 12.1. The van der Waals surface area contributed by atoms with Gasteiger partial charge in [-0.2, -0.15) is 0 Å². The highest BCUT2D eigenvalue weighted by atomic mass is 35.5. The average Bonchev–Trinajstić information content (AvgIpc) is 2.52. The zero-order valence-electron chi connectivity index (χ0n) is 14.6. The molecule has 0 unspecified atom stereocenters. The minimum atomic E-state index is -0.579. The lowest BCUT2D eigenvalue weighted by atomic mass is 9.99. The third-order valence-corrected chi connectivity index (χ3v) is 4.05. The third kappa shape index (κ3) is 4.26. The van der Waals surface area contributed by atoms with Gasteiger partial charge in [-0.15, -0.1) is 0 Å². The van der Waals surface area contributed by atoms with Crippen molar-refractivity contribution in [1.29, 1.82) is 0 Å². The molecule has 0 bridgehead atoms. The predicted octanol–water partition coefficient (Wildman–Crippen LogP) is 6.56. The number of aromatic nitrogens is 1. The van der Waals surface area contributed by atoms with Crippen LogP contribution in [0, 0.1) is 0 Å². The maximum Gasteiger partial charge on any atom is 0.412 e. The number of pyridine rings is 1. The molecule has 134 valence electrons. The van der Waals surface area contributed by atoms with Gasteiger partial charge in [-0.1, -0.05) is 41.4 Å². The summed E-state index contributed by atoms with van der Waals surface area (Å²) >= 11 is 12.3. The number of carbonyl (C=O) groups excluding carboxylic acids is 1. The van der Waals surface area contributed by atoms with E-state index < -0.39 is 11.7 Å². The second-order valence-electron chi connectivity index (χ2n) is 6.87. The molecule has 3 aromatic rings. The Kier molecular flexibility index (Phi) is 5.08. The molecule has 0 atom stereocenters. The van der Waals surface area contributed by atoms with Crippen LogP contribution in [0.15, 0.2) is 48.8 Å². The minimum absolute atomic E-state index is 0.525. The van der Waals surface area contributed by atoms with Crippen molar-refractivity contribution < 1.29 is 9.53 Å². The second kappa shape index (κ2) is 7.14. The lowest BCUT2D eigenvalue weighted by Gasteiger charge is -2.20. The maximum atomic E-state index is 12.1. The summed E-state index contributed by atoms with van der Waals surface area (Å²) in [5, 5.41) is 5.60. The molecule has 2 aromatic carbocycles. The van der Waals surface area contributed by atoms with Crippen molar-refractivity contribution in [1.82, 2.24) is 4.98 Å². The number of halogens is 2. The average molecular weight is 389 g/mol. The largest absolute Gasteiger partial charge is 0.444 e. The first-order valence-electron chi connectivity index (χ1n) is 8.06. The Bertz CT molecular complexity index is 961. The van der Waals surface area contributed by atoms with Crippen LogP contribution < -0.4 is 5.32 Å². The molecule has 0 saturated heterocycles. The molecule has 0 aliphatic rings. The summed E-state index contributed by atoms with van der Waals surface area (Å²) in [5.41, 5.74) is 1.80. The molecule has 0 fully saturated rings. The molecule has 1 aromatic heterocycles. The van der Waals surface area contributed by atoms with Crippen LogP contribution in [0.4, 0.5) is 10.5 Å². The van der Waals surface area contributed by atoms with E-state index >= 15 is 0 Å². The molecule has 0 spiro atoms. The molecule has 1 heterocycles. The topological polar surface area (TPSA) is 51.2 Å². The quantitative estimate of drug-likeness (QED) is 0.540. The summed E-state index contributed by atoms with van der Waals surface area (Å²) < 4.78 is 5.32. The second-order valence-corrected chi connectivity index (χ2v) is 7.75. The third-order valence-electron chi connectivity index (χ3n) is 3.61.